The van der Waals surface area contributed by atoms with Crippen molar-refractivity contribution < 1.29 is 10.2 Å². The van der Waals surface area contributed by atoms with Gasteiger partial charge in [-0.15, -0.1) is 16.6 Å². The highest BCUT2D eigenvalue weighted by molar-refractivity contribution is 6.00. The summed E-state index contributed by atoms with van der Waals surface area (Å²) in [5.74, 6) is 3.26. The quantitative estimate of drug-likeness (QED) is 0.611. The van der Waals surface area contributed by atoms with Gasteiger partial charge in [0.2, 0.25) is 0 Å². The monoisotopic (exact) mass is 374 g/mol. The van der Waals surface area contributed by atoms with Crippen molar-refractivity contribution >= 4 is 16.6 Å². The van der Waals surface area contributed by atoms with E-state index in [4.69, 9.17) is 6.42 Å². The molecule has 2 aromatic carbocycles. The van der Waals surface area contributed by atoms with Gasteiger partial charge in [-0.1, -0.05) is 30.2 Å². The molecule has 28 heavy (non-hydrogen) atoms. The number of benzene rings is 2. The molecule has 2 heterocycles. The Balaban J connectivity index is 1.74. The number of hydrogen-bond acceptors (Lipinski definition) is 6. The van der Waals surface area contributed by atoms with Crippen LogP contribution in [0.5, 0.6) is 5.75 Å². The Labute approximate surface area is 163 Å². The largest absolute Gasteiger partial charge is 0.507 e. The maximum Gasteiger partial charge on any atom is 0.156 e. The van der Waals surface area contributed by atoms with Crippen LogP contribution in [-0.4, -0.2) is 57.6 Å². The lowest BCUT2D eigenvalue weighted by atomic mass is 10.0. The third-order valence-electron chi connectivity index (χ3n) is 5.06. The maximum absolute atomic E-state index is 10.4. The van der Waals surface area contributed by atoms with Gasteiger partial charge < -0.3 is 20.4 Å². The Bertz CT molecular complexity index is 1050. The van der Waals surface area contributed by atoms with Gasteiger partial charge in [0.05, 0.1) is 6.10 Å². The number of likely N-dealkylation sites (tertiary alicyclic amines) is 1. The number of likely N-dealkylation sites (N-methyl/N-ethyl adjacent to an activating group) is 1. The van der Waals surface area contributed by atoms with Gasteiger partial charge >= 0.3 is 0 Å². The number of aliphatic hydroxyl groups is 1. The van der Waals surface area contributed by atoms with E-state index < -0.39 is 0 Å². The van der Waals surface area contributed by atoms with Gasteiger partial charge in [0.15, 0.2) is 5.82 Å². The Morgan fingerprint density at radius 2 is 1.93 bits per heavy atom. The third kappa shape index (κ3) is 3.50. The molecule has 0 spiro atoms. The molecule has 0 aliphatic carbocycles. The van der Waals surface area contributed by atoms with Crippen molar-refractivity contribution in [2.24, 2.45) is 0 Å². The number of aromatic nitrogens is 2. The zero-order valence-corrected chi connectivity index (χ0v) is 15.6. The first-order valence-electron chi connectivity index (χ1n) is 9.23. The van der Waals surface area contributed by atoms with Gasteiger partial charge in [0.1, 0.15) is 11.4 Å². The number of piperidine rings is 1. The lowest BCUT2D eigenvalue weighted by molar-refractivity contribution is 0.0779. The molecule has 4 rings (SSSR count). The Morgan fingerprint density at radius 1 is 1.14 bits per heavy atom. The second-order valence-corrected chi connectivity index (χ2v) is 7.27. The van der Waals surface area contributed by atoms with Crippen LogP contribution in [0.15, 0.2) is 42.5 Å². The molecule has 1 aliphatic heterocycles. The fourth-order valence-corrected chi connectivity index (χ4v) is 3.82. The molecule has 0 bridgehead atoms. The highest BCUT2D eigenvalue weighted by Gasteiger charge is 2.25. The SMILES string of the molecule is C#Cc1ccc(-c2nnc(N[C@@H]3C[C@H](O)CN(C)C3)c3ccccc23)c(O)c1. The highest BCUT2D eigenvalue weighted by atomic mass is 16.3. The summed E-state index contributed by atoms with van der Waals surface area (Å²) in [5.41, 5.74) is 1.79. The van der Waals surface area contributed by atoms with Gasteiger partial charge in [0.25, 0.3) is 0 Å². The van der Waals surface area contributed by atoms with E-state index >= 15 is 0 Å². The number of aliphatic hydroxyl groups excluding tert-OH is 1. The van der Waals surface area contributed by atoms with E-state index in [0.717, 1.165) is 17.3 Å². The van der Waals surface area contributed by atoms with Crippen molar-refractivity contribution in [3.63, 3.8) is 0 Å². The predicted molar refractivity (Wildman–Crippen MR) is 110 cm³/mol. The molecule has 1 aliphatic rings. The van der Waals surface area contributed by atoms with Crippen LogP contribution in [0, 0.1) is 12.3 Å². The lowest BCUT2D eigenvalue weighted by Gasteiger charge is -2.33. The van der Waals surface area contributed by atoms with Crippen LogP contribution in [0.2, 0.25) is 0 Å². The summed E-state index contributed by atoms with van der Waals surface area (Å²) in [4.78, 5) is 2.10. The average Bonchev–Trinajstić information content (AvgIpc) is 2.68. The van der Waals surface area contributed by atoms with Gasteiger partial charge in [-0.2, -0.15) is 0 Å². The molecule has 6 heteroatoms. The molecule has 0 saturated carbocycles. The number of rotatable bonds is 3. The molecule has 0 unspecified atom stereocenters. The summed E-state index contributed by atoms with van der Waals surface area (Å²) in [6.45, 7) is 1.50. The predicted octanol–water partition coefficient (Wildman–Crippen LogP) is 2.46. The van der Waals surface area contributed by atoms with E-state index in [1.807, 2.05) is 31.3 Å². The van der Waals surface area contributed by atoms with Crippen molar-refractivity contribution in [3.05, 3.63) is 48.0 Å². The molecule has 0 radical (unpaired) electrons. The topological polar surface area (TPSA) is 81.5 Å². The van der Waals surface area contributed by atoms with Gasteiger partial charge in [-0.3, -0.25) is 0 Å². The Kier molecular flexibility index (Phi) is 4.86. The van der Waals surface area contributed by atoms with Crippen LogP contribution in [-0.2, 0) is 0 Å². The van der Waals surface area contributed by atoms with Crippen LogP contribution in [0.1, 0.15) is 12.0 Å². The van der Waals surface area contributed by atoms with Crippen LogP contribution < -0.4 is 5.32 Å². The van der Waals surface area contributed by atoms with Crippen molar-refractivity contribution in [2.45, 2.75) is 18.6 Å². The summed E-state index contributed by atoms with van der Waals surface area (Å²) in [5, 5.41) is 34.5. The van der Waals surface area contributed by atoms with E-state index in [1.54, 1.807) is 18.2 Å². The molecule has 142 valence electrons. The lowest BCUT2D eigenvalue weighted by Crippen LogP contribution is -2.46. The minimum Gasteiger partial charge on any atom is -0.507 e. The number of fused-ring (bicyclic) bond motifs is 1. The summed E-state index contributed by atoms with van der Waals surface area (Å²) in [7, 11) is 1.99. The number of terminal acetylenes is 1. The summed E-state index contributed by atoms with van der Waals surface area (Å²) < 4.78 is 0. The van der Waals surface area contributed by atoms with Gasteiger partial charge in [0, 0.05) is 41.0 Å². The van der Waals surface area contributed by atoms with Gasteiger partial charge in [-0.25, -0.2) is 0 Å². The molecular weight excluding hydrogens is 352 g/mol. The second kappa shape index (κ2) is 7.47. The molecule has 1 fully saturated rings. The number of nitrogens with one attached hydrogen (secondary N) is 1. The maximum atomic E-state index is 10.4. The molecule has 6 nitrogen and oxygen atoms in total. The fourth-order valence-electron chi connectivity index (χ4n) is 3.82. The molecule has 3 N–H and O–H groups in total. The Hall–Kier alpha value is -3.14. The van der Waals surface area contributed by atoms with Gasteiger partial charge in [-0.05, 0) is 31.7 Å². The first-order chi connectivity index (χ1) is 13.5. The van der Waals surface area contributed by atoms with Crippen LogP contribution in [0.4, 0.5) is 5.82 Å². The standard InChI is InChI=1S/C22H22N4O2/c1-3-14-8-9-19(20(28)10-14)21-17-6-4-5-7-18(17)22(25-24-21)23-15-11-16(27)13-26(2)12-15/h1,4-10,15-16,27-28H,11-13H2,2H3,(H,23,25)/t15-,16+/m1/s1. The normalized spacial score (nSPS) is 20.0. The third-order valence-corrected chi connectivity index (χ3v) is 5.06. The number of anilines is 1. The second-order valence-electron chi connectivity index (χ2n) is 7.27. The van der Waals surface area contributed by atoms with E-state index in [-0.39, 0.29) is 17.9 Å². The number of phenols is 1. The molecule has 3 aromatic rings. The fraction of sp³-hybridized carbons (Fsp3) is 0.273. The van der Waals surface area contributed by atoms with Crippen LogP contribution in [0.25, 0.3) is 22.0 Å². The van der Waals surface area contributed by atoms with Crippen molar-refractivity contribution in [1.29, 1.82) is 0 Å². The summed E-state index contributed by atoms with van der Waals surface area (Å²) >= 11 is 0. The minimum absolute atomic E-state index is 0.0765. The average molecular weight is 374 g/mol. The highest BCUT2D eigenvalue weighted by Crippen LogP contribution is 2.35. The molecule has 2 atom stereocenters. The van der Waals surface area contributed by atoms with Crippen molar-refractivity contribution in [1.82, 2.24) is 15.1 Å². The molecule has 1 aromatic heterocycles. The van der Waals surface area contributed by atoms with Crippen molar-refractivity contribution in [2.75, 3.05) is 25.5 Å². The number of β-amino-alcohol motifs (C(OH)–C–C–N with tert-alkyl or cyclic N) is 1. The number of aromatic hydroxyl groups is 1. The van der Waals surface area contributed by atoms with E-state index in [1.165, 1.54) is 0 Å². The first-order valence-corrected chi connectivity index (χ1v) is 9.23. The number of nitrogens with zero attached hydrogens (tertiary/aromatic N) is 3. The van der Waals surface area contributed by atoms with Crippen LogP contribution >= 0.6 is 0 Å². The smallest absolute Gasteiger partial charge is 0.156 e. The zero-order chi connectivity index (χ0) is 19.7. The molecule has 0 amide bonds. The van der Waals surface area contributed by atoms with E-state index in [2.05, 4.69) is 26.3 Å². The molecular formula is C22H22N4O2. The van der Waals surface area contributed by atoms with Crippen molar-refractivity contribution in [3.8, 4) is 29.4 Å². The summed E-state index contributed by atoms with van der Waals surface area (Å²) in [6, 6.07) is 13.0. The number of phenolic OH excluding ortho intramolecular Hbond substituents is 1. The summed E-state index contributed by atoms with van der Waals surface area (Å²) in [6.07, 6.45) is 5.71. The molecule has 1 saturated heterocycles. The zero-order valence-electron chi connectivity index (χ0n) is 15.6. The number of hydrogen-bond donors (Lipinski definition) is 3. The van der Waals surface area contributed by atoms with Crippen LogP contribution in [0.3, 0.4) is 0 Å². The first kappa shape index (κ1) is 18.2. The Morgan fingerprint density at radius 3 is 2.64 bits per heavy atom. The van der Waals surface area contributed by atoms with E-state index in [0.29, 0.717) is 35.6 Å². The van der Waals surface area contributed by atoms with E-state index in [9.17, 15) is 10.2 Å². The minimum atomic E-state index is -0.360.